The van der Waals surface area contributed by atoms with Crippen molar-refractivity contribution < 1.29 is 17.6 Å². The van der Waals surface area contributed by atoms with Crippen molar-refractivity contribution in [3.8, 4) is 23.1 Å². The van der Waals surface area contributed by atoms with E-state index in [4.69, 9.17) is 0 Å². The van der Waals surface area contributed by atoms with Crippen molar-refractivity contribution in [2.75, 3.05) is 11.9 Å². The molecule has 1 heterocycles. The number of hydrogen-bond donors (Lipinski definition) is 1. The Morgan fingerprint density at radius 2 is 1.95 bits per heavy atom. The number of nitrogens with one attached hydrogen (secondary N) is 1. The third kappa shape index (κ3) is 3.76. The molecule has 1 aromatic heterocycles. The summed E-state index contributed by atoms with van der Waals surface area (Å²) < 4.78 is 52.6. The number of rotatable bonds is 3. The van der Waals surface area contributed by atoms with Gasteiger partial charge in [-0.25, -0.2) is 9.37 Å². The average molecular weight is 308 g/mol. The van der Waals surface area contributed by atoms with E-state index in [0.29, 0.717) is 0 Å². The molecule has 0 saturated carbocycles. The maximum Gasteiger partial charge on any atom is 0.435 e. The van der Waals surface area contributed by atoms with E-state index in [9.17, 15) is 17.6 Å². The second-order valence-electron chi connectivity index (χ2n) is 4.38. The molecule has 6 heteroatoms. The number of anilines is 1. The van der Waals surface area contributed by atoms with Gasteiger partial charge in [-0.15, -0.1) is 5.92 Å². The Morgan fingerprint density at radius 1 is 1.18 bits per heavy atom. The zero-order valence-corrected chi connectivity index (χ0v) is 11.6. The summed E-state index contributed by atoms with van der Waals surface area (Å²) >= 11 is 0. The Morgan fingerprint density at radius 3 is 2.59 bits per heavy atom. The van der Waals surface area contributed by atoms with Crippen LogP contribution < -0.4 is 5.32 Å². The van der Waals surface area contributed by atoms with Crippen molar-refractivity contribution in [3.05, 3.63) is 47.9 Å². The first-order chi connectivity index (χ1) is 10.4. The first-order valence-corrected chi connectivity index (χ1v) is 6.39. The van der Waals surface area contributed by atoms with Crippen LogP contribution in [0.1, 0.15) is 12.6 Å². The fraction of sp³-hybridized carbons (Fsp3) is 0.188. The minimum absolute atomic E-state index is 0.0546. The third-order valence-corrected chi connectivity index (χ3v) is 2.83. The number of aromatic nitrogens is 1. The molecule has 1 aromatic carbocycles. The van der Waals surface area contributed by atoms with E-state index in [2.05, 4.69) is 22.1 Å². The van der Waals surface area contributed by atoms with E-state index >= 15 is 0 Å². The lowest BCUT2D eigenvalue weighted by Crippen LogP contribution is -2.14. The fourth-order valence-electron chi connectivity index (χ4n) is 1.85. The molecule has 0 amide bonds. The van der Waals surface area contributed by atoms with Crippen LogP contribution in [0.3, 0.4) is 0 Å². The molecule has 2 nitrogen and oxygen atoms in total. The lowest BCUT2D eigenvalue weighted by Gasteiger charge is -2.14. The zero-order valence-electron chi connectivity index (χ0n) is 11.6. The minimum Gasteiger partial charge on any atom is -0.372 e. The molecule has 0 saturated heterocycles. The SMILES string of the molecule is CC#CCNc1ccc(-c2cccc(F)c2)nc1C(F)(F)F. The molecule has 0 aliphatic carbocycles. The van der Waals surface area contributed by atoms with Gasteiger partial charge in [-0.3, -0.25) is 0 Å². The van der Waals surface area contributed by atoms with Gasteiger partial charge in [0.2, 0.25) is 0 Å². The maximum atomic E-state index is 13.2. The van der Waals surface area contributed by atoms with Crippen molar-refractivity contribution in [3.63, 3.8) is 0 Å². The Balaban J connectivity index is 2.44. The molecule has 2 aromatic rings. The Kier molecular flexibility index (Phi) is 4.66. The number of nitrogens with zero attached hydrogens (tertiary/aromatic N) is 1. The van der Waals surface area contributed by atoms with Gasteiger partial charge in [-0.1, -0.05) is 18.1 Å². The average Bonchev–Trinajstić information content (AvgIpc) is 2.46. The van der Waals surface area contributed by atoms with E-state index < -0.39 is 17.7 Å². The summed E-state index contributed by atoms with van der Waals surface area (Å²) in [5, 5.41) is 2.58. The quantitative estimate of drug-likeness (QED) is 0.674. The van der Waals surface area contributed by atoms with Gasteiger partial charge < -0.3 is 5.32 Å². The van der Waals surface area contributed by atoms with Gasteiger partial charge in [0.1, 0.15) is 5.82 Å². The van der Waals surface area contributed by atoms with Crippen LogP contribution in [0.4, 0.5) is 23.2 Å². The summed E-state index contributed by atoms with van der Waals surface area (Å²) in [6.07, 6.45) is -4.62. The standard InChI is InChI=1S/C16H12F4N2/c1-2-3-9-21-14-8-7-13(22-15(14)16(18,19)20)11-5-4-6-12(17)10-11/h4-8,10,21H,9H2,1H3. The van der Waals surface area contributed by atoms with Crippen LogP contribution in [0, 0.1) is 17.7 Å². The predicted octanol–water partition coefficient (Wildman–Crippen LogP) is 4.34. The summed E-state index contributed by atoms with van der Waals surface area (Å²) in [7, 11) is 0. The highest BCUT2D eigenvalue weighted by molar-refractivity contribution is 5.63. The number of pyridine rings is 1. The van der Waals surface area contributed by atoms with Crippen molar-refractivity contribution in [1.82, 2.24) is 4.98 Å². The van der Waals surface area contributed by atoms with Crippen LogP contribution in [-0.2, 0) is 6.18 Å². The third-order valence-electron chi connectivity index (χ3n) is 2.83. The monoisotopic (exact) mass is 308 g/mol. The molecule has 2 rings (SSSR count). The maximum absolute atomic E-state index is 13.2. The summed E-state index contributed by atoms with van der Waals surface area (Å²) in [5.74, 6) is 4.67. The first-order valence-electron chi connectivity index (χ1n) is 6.39. The van der Waals surface area contributed by atoms with Gasteiger partial charge in [0.15, 0.2) is 5.69 Å². The molecule has 0 radical (unpaired) electrons. The number of benzene rings is 1. The van der Waals surface area contributed by atoms with E-state index in [1.54, 1.807) is 6.92 Å². The van der Waals surface area contributed by atoms with Crippen LogP contribution in [0.5, 0.6) is 0 Å². The highest BCUT2D eigenvalue weighted by Gasteiger charge is 2.36. The first kappa shape index (κ1) is 15.8. The number of hydrogen-bond acceptors (Lipinski definition) is 2. The topological polar surface area (TPSA) is 24.9 Å². The van der Waals surface area contributed by atoms with Crippen LogP contribution in [0.2, 0.25) is 0 Å². The van der Waals surface area contributed by atoms with Crippen molar-refractivity contribution in [2.24, 2.45) is 0 Å². The van der Waals surface area contributed by atoms with Gasteiger partial charge in [-0.2, -0.15) is 13.2 Å². The van der Waals surface area contributed by atoms with E-state index in [1.807, 2.05) is 0 Å². The molecule has 22 heavy (non-hydrogen) atoms. The largest absolute Gasteiger partial charge is 0.435 e. The molecule has 0 spiro atoms. The smallest absolute Gasteiger partial charge is 0.372 e. The molecule has 0 aliphatic heterocycles. The molecular weight excluding hydrogens is 296 g/mol. The zero-order chi connectivity index (χ0) is 16.2. The molecular formula is C16H12F4N2. The Bertz CT molecular complexity index is 727. The highest BCUT2D eigenvalue weighted by atomic mass is 19.4. The number of halogens is 4. The van der Waals surface area contributed by atoms with Crippen LogP contribution >= 0.6 is 0 Å². The molecule has 0 aliphatic rings. The van der Waals surface area contributed by atoms with Gasteiger partial charge >= 0.3 is 6.18 Å². The molecule has 0 atom stereocenters. The summed E-state index contributed by atoms with van der Waals surface area (Å²) in [6, 6.07) is 7.95. The second-order valence-corrected chi connectivity index (χ2v) is 4.38. The minimum atomic E-state index is -4.62. The van der Waals surface area contributed by atoms with Gasteiger partial charge in [-0.05, 0) is 31.2 Å². The Labute approximate surface area is 125 Å². The fourth-order valence-corrected chi connectivity index (χ4v) is 1.85. The van der Waals surface area contributed by atoms with Crippen LogP contribution in [-0.4, -0.2) is 11.5 Å². The summed E-state index contributed by atoms with van der Waals surface area (Å²) in [6.45, 7) is 1.68. The summed E-state index contributed by atoms with van der Waals surface area (Å²) in [4.78, 5) is 3.63. The number of alkyl halides is 3. The molecule has 114 valence electrons. The van der Waals surface area contributed by atoms with Crippen LogP contribution in [0.15, 0.2) is 36.4 Å². The molecule has 0 fully saturated rings. The van der Waals surface area contributed by atoms with Crippen molar-refractivity contribution in [2.45, 2.75) is 13.1 Å². The second kappa shape index (κ2) is 6.48. The Hall–Kier alpha value is -2.55. The molecule has 0 bridgehead atoms. The van der Waals surface area contributed by atoms with Crippen molar-refractivity contribution in [1.29, 1.82) is 0 Å². The molecule has 0 unspecified atom stereocenters. The predicted molar refractivity (Wildman–Crippen MR) is 76.6 cm³/mol. The van der Waals surface area contributed by atoms with Gasteiger partial charge in [0.05, 0.1) is 17.9 Å². The van der Waals surface area contributed by atoms with Gasteiger partial charge in [0.25, 0.3) is 0 Å². The van der Waals surface area contributed by atoms with E-state index in [1.165, 1.54) is 30.3 Å². The normalized spacial score (nSPS) is 10.8. The lowest BCUT2D eigenvalue weighted by molar-refractivity contribution is -0.140. The van der Waals surface area contributed by atoms with Crippen LogP contribution in [0.25, 0.3) is 11.3 Å². The van der Waals surface area contributed by atoms with E-state index in [0.717, 1.165) is 6.07 Å². The van der Waals surface area contributed by atoms with Gasteiger partial charge in [0, 0.05) is 5.56 Å². The lowest BCUT2D eigenvalue weighted by atomic mass is 10.1. The van der Waals surface area contributed by atoms with Crippen molar-refractivity contribution >= 4 is 5.69 Å². The highest BCUT2D eigenvalue weighted by Crippen LogP contribution is 2.35. The molecule has 1 N–H and O–H groups in total. The summed E-state index contributed by atoms with van der Waals surface area (Å²) in [5.41, 5.74) is -0.869. The van der Waals surface area contributed by atoms with E-state index in [-0.39, 0.29) is 23.5 Å².